The lowest BCUT2D eigenvalue weighted by atomic mass is 9.91. The van der Waals surface area contributed by atoms with E-state index in [0.717, 1.165) is 36.4 Å². The van der Waals surface area contributed by atoms with Crippen LogP contribution in [0.1, 0.15) is 11.1 Å². The van der Waals surface area contributed by atoms with Crippen LogP contribution in [-0.2, 0) is 20.7 Å². The van der Waals surface area contributed by atoms with Gasteiger partial charge < -0.3 is 21.7 Å². The number of carbonyl (C=O) groups is 2. The number of nitrogens with two attached hydrogens (primary N) is 2. The highest BCUT2D eigenvalue weighted by Crippen LogP contribution is 2.42. The summed E-state index contributed by atoms with van der Waals surface area (Å²) in [6.45, 7) is 0. The SMILES string of the molecule is N[C@@](CSSC[C@](N)(C(=O)O)c1cccc([N+](=O)[O-])c1[N+](=O)[O-])(C(=O)O)c1cccc([N+](=O)[O-])c1[N+](=O)[O-]. The molecule has 2 aromatic rings. The minimum atomic E-state index is -2.58. The second kappa shape index (κ2) is 11.3. The quantitative estimate of drug-likeness (QED) is 0.115. The molecule has 0 fully saturated rings. The van der Waals surface area contributed by atoms with E-state index >= 15 is 0 Å². The van der Waals surface area contributed by atoms with Crippen LogP contribution < -0.4 is 11.5 Å². The van der Waals surface area contributed by atoms with Gasteiger partial charge in [-0.25, -0.2) is 9.59 Å². The standard InChI is InChI=1S/C18H16N6O12S2/c19-17(15(25)26,9-3-1-5-11(21(29)30)13(9)23(33)34)7-37-38-8-18(20,16(27)28)10-4-2-6-12(22(31)32)14(10)24(35)36/h1-6H,7-8,19-20H2,(H,25,26)(H,27,28)/t17-,18-/m1/s1. The van der Waals surface area contributed by atoms with Gasteiger partial charge in [0.2, 0.25) is 0 Å². The highest BCUT2D eigenvalue weighted by molar-refractivity contribution is 8.76. The number of hydrogen-bond donors (Lipinski definition) is 4. The van der Waals surface area contributed by atoms with Gasteiger partial charge >= 0.3 is 34.7 Å². The third-order valence-corrected chi connectivity index (χ3v) is 7.69. The molecular formula is C18H16N6O12S2. The molecule has 202 valence electrons. The summed E-state index contributed by atoms with van der Waals surface area (Å²) in [7, 11) is 1.11. The normalized spacial score (nSPS) is 14.1. The minimum absolute atomic E-state index is 0.553. The van der Waals surface area contributed by atoms with Crippen LogP contribution in [0, 0.1) is 40.5 Å². The number of hydrogen-bond acceptors (Lipinski definition) is 14. The molecule has 0 aliphatic carbocycles. The van der Waals surface area contributed by atoms with Crippen LogP contribution in [0.5, 0.6) is 0 Å². The second-order valence-electron chi connectivity index (χ2n) is 7.45. The first kappa shape index (κ1) is 29.8. The molecule has 2 atom stereocenters. The van der Waals surface area contributed by atoms with Crippen molar-refractivity contribution in [2.45, 2.75) is 11.1 Å². The fraction of sp³-hybridized carbons (Fsp3) is 0.222. The van der Waals surface area contributed by atoms with Crippen LogP contribution in [0.25, 0.3) is 0 Å². The maximum Gasteiger partial charge on any atom is 0.351 e. The first-order chi connectivity index (χ1) is 17.6. The van der Waals surface area contributed by atoms with Gasteiger partial charge in [0.05, 0.1) is 30.8 Å². The predicted molar refractivity (Wildman–Crippen MR) is 131 cm³/mol. The summed E-state index contributed by atoms with van der Waals surface area (Å²) < 4.78 is 0. The Morgan fingerprint density at radius 1 is 0.684 bits per heavy atom. The van der Waals surface area contributed by atoms with Crippen molar-refractivity contribution in [3.63, 3.8) is 0 Å². The van der Waals surface area contributed by atoms with E-state index in [2.05, 4.69) is 0 Å². The monoisotopic (exact) mass is 572 g/mol. The second-order valence-corrected chi connectivity index (χ2v) is 9.92. The van der Waals surface area contributed by atoms with Crippen LogP contribution in [0.3, 0.4) is 0 Å². The average Bonchev–Trinajstić information content (AvgIpc) is 2.84. The number of carboxylic acids is 2. The molecule has 0 spiro atoms. The highest BCUT2D eigenvalue weighted by atomic mass is 33.1. The van der Waals surface area contributed by atoms with E-state index in [4.69, 9.17) is 11.5 Å². The number of nitro groups is 4. The van der Waals surface area contributed by atoms with Gasteiger partial charge in [0.1, 0.15) is 0 Å². The van der Waals surface area contributed by atoms with Crippen LogP contribution in [0.4, 0.5) is 22.7 Å². The Kier molecular flexibility index (Phi) is 8.89. The van der Waals surface area contributed by atoms with Crippen molar-refractivity contribution < 1.29 is 39.5 Å². The van der Waals surface area contributed by atoms with E-state index in [1.807, 2.05) is 0 Å². The molecule has 6 N–H and O–H groups in total. The van der Waals surface area contributed by atoms with Crippen LogP contribution in [0.15, 0.2) is 36.4 Å². The predicted octanol–water partition coefficient (Wildman–Crippen LogP) is 1.88. The van der Waals surface area contributed by atoms with Gasteiger partial charge in [-0.3, -0.25) is 40.5 Å². The van der Waals surface area contributed by atoms with Gasteiger partial charge in [0.15, 0.2) is 11.1 Å². The zero-order valence-corrected chi connectivity index (χ0v) is 20.2. The summed E-state index contributed by atoms with van der Waals surface area (Å²) in [6.07, 6.45) is 0. The third-order valence-electron chi connectivity index (χ3n) is 5.17. The maximum atomic E-state index is 12.0. The molecule has 38 heavy (non-hydrogen) atoms. The molecule has 0 unspecified atom stereocenters. The molecule has 0 aliphatic rings. The Labute approximate surface area is 218 Å². The number of benzene rings is 2. The number of carboxylic acid groups (broad SMARTS) is 2. The molecule has 18 nitrogen and oxygen atoms in total. The summed E-state index contributed by atoms with van der Waals surface area (Å²) in [4.78, 5) is 65.1. The summed E-state index contributed by atoms with van der Waals surface area (Å²) in [6, 6.07) is 5.41. The summed E-state index contributed by atoms with van der Waals surface area (Å²) in [5, 5.41) is 65.0. The molecule has 0 saturated carbocycles. The Bertz CT molecular complexity index is 1260. The molecule has 2 aromatic carbocycles. The van der Waals surface area contributed by atoms with Crippen molar-refractivity contribution in [2.75, 3.05) is 11.5 Å². The smallest absolute Gasteiger partial charge is 0.351 e. The van der Waals surface area contributed by atoms with Gasteiger partial charge in [-0.05, 0) is 12.1 Å². The molecule has 0 amide bonds. The van der Waals surface area contributed by atoms with Crippen molar-refractivity contribution in [1.82, 2.24) is 0 Å². The summed E-state index contributed by atoms with van der Waals surface area (Å²) in [5.74, 6) is -5.02. The molecule has 2 rings (SSSR count). The zero-order valence-electron chi connectivity index (χ0n) is 18.6. The molecule has 0 radical (unpaired) electrons. The molecule has 0 heterocycles. The third kappa shape index (κ3) is 5.61. The molecular weight excluding hydrogens is 556 g/mol. The summed E-state index contributed by atoms with van der Waals surface area (Å²) in [5.41, 5.74) is 0.978. The lowest BCUT2D eigenvalue weighted by Crippen LogP contribution is -2.48. The van der Waals surface area contributed by atoms with E-state index in [9.17, 15) is 60.3 Å². The molecule has 0 saturated heterocycles. The maximum absolute atomic E-state index is 12.0. The topological polar surface area (TPSA) is 299 Å². The Hall–Kier alpha value is -4.40. The fourth-order valence-corrected chi connectivity index (χ4v) is 5.95. The fourth-order valence-electron chi connectivity index (χ4n) is 3.24. The van der Waals surface area contributed by atoms with Crippen LogP contribution in [-0.4, -0.2) is 53.4 Å². The van der Waals surface area contributed by atoms with E-state index < -0.39 is 88.1 Å². The van der Waals surface area contributed by atoms with Crippen LogP contribution >= 0.6 is 21.6 Å². The molecule has 0 aromatic heterocycles. The number of rotatable bonds is 13. The lowest BCUT2D eigenvalue weighted by Gasteiger charge is -2.26. The number of aliphatic carboxylic acids is 2. The van der Waals surface area contributed by atoms with Crippen molar-refractivity contribution in [3.8, 4) is 0 Å². The van der Waals surface area contributed by atoms with Crippen molar-refractivity contribution in [2.24, 2.45) is 11.5 Å². The minimum Gasteiger partial charge on any atom is -0.480 e. The molecule has 0 aliphatic heterocycles. The van der Waals surface area contributed by atoms with Gasteiger partial charge in [0.25, 0.3) is 0 Å². The molecule has 0 bridgehead atoms. The Morgan fingerprint density at radius 3 is 1.24 bits per heavy atom. The Morgan fingerprint density at radius 2 is 1.00 bits per heavy atom. The van der Waals surface area contributed by atoms with E-state index in [0.29, 0.717) is 21.6 Å². The first-order valence-corrected chi connectivity index (χ1v) is 12.2. The van der Waals surface area contributed by atoms with E-state index in [1.165, 1.54) is 0 Å². The highest BCUT2D eigenvalue weighted by Gasteiger charge is 2.47. The van der Waals surface area contributed by atoms with Gasteiger partial charge in [-0.1, -0.05) is 33.7 Å². The number of nitrogens with zero attached hydrogens (tertiary/aromatic N) is 4. The first-order valence-electron chi connectivity index (χ1n) is 9.73. The van der Waals surface area contributed by atoms with Gasteiger partial charge in [-0.2, -0.15) is 0 Å². The Balaban J connectivity index is 2.43. The zero-order chi connectivity index (χ0) is 29.0. The van der Waals surface area contributed by atoms with Crippen molar-refractivity contribution in [1.29, 1.82) is 0 Å². The van der Waals surface area contributed by atoms with E-state index in [-0.39, 0.29) is 0 Å². The van der Waals surface area contributed by atoms with Crippen LogP contribution in [0.2, 0.25) is 0 Å². The lowest BCUT2D eigenvalue weighted by molar-refractivity contribution is -0.423. The number of nitro benzene ring substituents is 4. The van der Waals surface area contributed by atoms with Gasteiger partial charge in [-0.15, -0.1) is 0 Å². The van der Waals surface area contributed by atoms with E-state index in [1.54, 1.807) is 0 Å². The van der Waals surface area contributed by atoms with Crippen molar-refractivity contribution in [3.05, 3.63) is 88.0 Å². The van der Waals surface area contributed by atoms with Crippen molar-refractivity contribution >= 4 is 56.3 Å². The summed E-state index contributed by atoms with van der Waals surface area (Å²) >= 11 is 0. The number of para-hydroxylation sites is 2. The largest absolute Gasteiger partial charge is 0.480 e. The van der Waals surface area contributed by atoms with Gasteiger partial charge in [0, 0.05) is 23.6 Å². The molecule has 20 heteroatoms. The average molecular weight is 572 g/mol.